The van der Waals surface area contributed by atoms with Crippen molar-refractivity contribution in [3.63, 3.8) is 0 Å². The molecule has 0 aliphatic carbocycles. The first-order valence-corrected chi connectivity index (χ1v) is 8.19. The summed E-state index contributed by atoms with van der Waals surface area (Å²) >= 11 is 2.40. The number of rotatable bonds is 3. The van der Waals surface area contributed by atoms with Crippen LogP contribution < -0.4 is 9.51 Å². The summed E-state index contributed by atoms with van der Waals surface area (Å²) in [6.45, 7) is 7.36. The van der Waals surface area contributed by atoms with Gasteiger partial charge in [-0.3, -0.25) is 0 Å². The summed E-state index contributed by atoms with van der Waals surface area (Å²) in [6, 6.07) is 10.8. The van der Waals surface area contributed by atoms with E-state index in [1.165, 1.54) is 11.1 Å². The third-order valence-corrected chi connectivity index (χ3v) is 4.30. The molecule has 1 saturated heterocycles. The van der Waals surface area contributed by atoms with Crippen molar-refractivity contribution < 1.29 is 0 Å². The fourth-order valence-electron chi connectivity index (χ4n) is 2.60. The summed E-state index contributed by atoms with van der Waals surface area (Å²) in [7, 11) is 0. The Labute approximate surface area is 134 Å². The molecule has 2 aromatic rings. The molecule has 4 nitrogen and oxygen atoms in total. The van der Waals surface area contributed by atoms with Crippen LogP contribution in [-0.2, 0) is 6.54 Å². The van der Waals surface area contributed by atoms with E-state index in [0.717, 1.165) is 43.2 Å². The molecule has 0 bridgehead atoms. The number of hydrogen-bond donors (Lipinski definition) is 0. The number of aryl methyl sites for hydroxylation is 1. The zero-order valence-corrected chi connectivity index (χ0v) is 14.1. The van der Waals surface area contributed by atoms with Gasteiger partial charge in [0.25, 0.3) is 0 Å². The van der Waals surface area contributed by atoms with E-state index >= 15 is 0 Å². The fraction of sp³-hybridized carbons (Fsp3) is 0.375. The quantitative estimate of drug-likeness (QED) is 0.776. The summed E-state index contributed by atoms with van der Waals surface area (Å²) < 4.78 is 0.780. The molecule has 3 rings (SSSR count). The van der Waals surface area contributed by atoms with E-state index in [2.05, 4.69) is 67.8 Å². The first kappa shape index (κ1) is 14.6. The number of hydrogen-bond acceptors (Lipinski definition) is 4. The number of aromatic nitrogens is 2. The fourth-order valence-corrected chi connectivity index (χ4v) is 2.96. The molecule has 0 amide bonds. The third kappa shape index (κ3) is 3.83. The minimum absolute atomic E-state index is 0.780. The number of piperazine rings is 1. The standard InChI is InChI=1S/C16H19AsN4/c1-13-2-4-14(5-3-13)12-20-8-10-21(11-9-20)15-6-7-18-16(17)19-15/h2-7H,8-12H2,1H3. The normalized spacial score (nSPS) is 16.2. The van der Waals surface area contributed by atoms with Crippen LogP contribution >= 0.6 is 0 Å². The van der Waals surface area contributed by atoms with Gasteiger partial charge in [-0.1, -0.05) is 0 Å². The van der Waals surface area contributed by atoms with E-state index in [9.17, 15) is 0 Å². The third-order valence-electron chi connectivity index (χ3n) is 3.85. The molecule has 1 aliphatic rings. The average molecular weight is 342 g/mol. The van der Waals surface area contributed by atoms with Crippen molar-refractivity contribution >= 4 is 27.3 Å². The topological polar surface area (TPSA) is 32.3 Å². The van der Waals surface area contributed by atoms with E-state index in [1.807, 2.05) is 12.3 Å². The van der Waals surface area contributed by atoms with Crippen LogP contribution in [0.4, 0.5) is 5.82 Å². The van der Waals surface area contributed by atoms with Crippen molar-refractivity contribution in [1.29, 1.82) is 0 Å². The maximum atomic E-state index is 4.48. The van der Waals surface area contributed by atoms with Crippen LogP contribution in [0.25, 0.3) is 0 Å². The van der Waals surface area contributed by atoms with Gasteiger partial charge in [0, 0.05) is 0 Å². The van der Waals surface area contributed by atoms with Gasteiger partial charge in [0.15, 0.2) is 0 Å². The number of nitrogens with zero attached hydrogens (tertiary/aromatic N) is 4. The Morgan fingerprint density at radius 2 is 1.76 bits per heavy atom. The number of anilines is 1. The Morgan fingerprint density at radius 3 is 2.43 bits per heavy atom. The molecule has 0 unspecified atom stereocenters. The Morgan fingerprint density at radius 1 is 1.05 bits per heavy atom. The van der Waals surface area contributed by atoms with E-state index < -0.39 is 0 Å². The van der Waals surface area contributed by atoms with Crippen molar-refractivity contribution in [1.82, 2.24) is 14.9 Å². The van der Waals surface area contributed by atoms with Gasteiger partial charge in [-0.05, 0) is 6.92 Å². The Hall–Kier alpha value is -1.38. The second kappa shape index (κ2) is 6.59. The molecule has 0 spiro atoms. The first-order chi connectivity index (χ1) is 10.2. The molecule has 1 aromatic carbocycles. The van der Waals surface area contributed by atoms with Crippen LogP contribution in [0.2, 0.25) is 0 Å². The Balaban J connectivity index is 1.56. The van der Waals surface area contributed by atoms with Gasteiger partial charge in [-0.2, -0.15) is 0 Å². The van der Waals surface area contributed by atoms with Crippen LogP contribution in [0.5, 0.6) is 0 Å². The Kier molecular flexibility index (Phi) is 4.56. The van der Waals surface area contributed by atoms with Crippen LogP contribution in [0, 0.1) is 6.92 Å². The second-order valence-electron chi connectivity index (χ2n) is 5.46. The predicted octanol–water partition coefficient (Wildman–Crippen LogP) is 0.901. The zero-order valence-electron chi connectivity index (χ0n) is 12.2. The van der Waals surface area contributed by atoms with Crippen LogP contribution in [0.3, 0.4) is 0 Å². The molecule has 1 aliphatic heterocycles. The van der Waals surface area contributed by atoms with Gasteiger partial charge in [0.05, 0.1) is 0 Å². The summed E-state index contributed by atoms with van der Waals surface area (Å²) in [6.07, 6.45) is 1.83. The summed E-state index contributed by atoms with van der Waals surface area (Å²) in [5.74, 6) is 1.04. The molecule has 1 aromatic heterocycles. The second-order valence-corrected chi connectivity index (χ2v) is 6.30. The molecule has 21 heavy (non-hydrogen) atoms. The maximum absolute atomic E-state index is 4.48. The van der Waals surface area contributed by atoms with Crippen molar-refractivity contribution in [2.45, 2.75) is 13.5 Å². The minimum atomic E-state index is 0.780. The summed E-state index contributed by atoms with van der Waals surface area (Å²) in [4.78, 5) is 13.5. The molecular formula is C16H19AsN4. The van der Waals surface area contributed by atoms with Crippen LogP contribution in [0.1, 0.15) is 11.1 Å². The molecule has 108 valence electrons. The van der Waals surface area contributed by atoms with Crippen LogP contribution in [-0.4, -0.2) is 57.9 Å². The Bertz CT molecular complexity index is 591. The van der Waals surface area contributed by atoms with E-state index in [4.69, 9.17) is 0 Å². The molecular weight excluding hydrogens is 323 g/mol. The molecule has 0 N–H and O–H groups in total. The molecule has 0 saturated carbocycles. The van der Waals surface area contributed by atoms with Gasteiger partial charge in [-0.15, -0.1) is 0 Å². The molecule has 0 atom stereocenters. The average Bonchev–Trinajstić information content (AvgIpc) is 2.50. The van der Waals surface area contributed by atoms with Gasteiger partial charge >= 0.3 is 127 Å². The summed E-state index contributed by atoms with van der Waals surface area (Å²) in [5.41, 5.74) is 2.71. The number of benzene rings is 1. The van der Waals surface area contributed by atoms with E-state index in [-0.39, 0.29) is 0 Å². The summed E-state index contributed by atoms with van der Waals surface area (Å²) in [5, 5.41) is 0. The van der Waals surface area contributed by atoms with Gasteiger partial charge in [-0.25, -0.2) is 0 Å². The van der Waals surface area contributed by atoms with Gasteiger partial charge in [0.1, 0.15) is 0 Å². The van der Waals surface area contributed by atoms with E-state index in [0.29, 0.717) is 0 Å². The SMILES string of the molecule is Cc1ccc(CN2CCN(c3ccnc([As])n3)CC2)cc1. The zero-order chi connectivity index (χ0) is 14.7. The van der Waals surface area contributed by atoms with Crippen molar-refractivity contribution in [2.24, 2.45) is 0 Å². The molecule has 1 fully saturated rings. The van der Waals surface area contributed by atoms with E-state index in [1.54, 1.807) is 0 Å². The van der Waals surface area contributed by atoms with Crippen molar-refractivity contribution in [2.75, 3.05) is 31.1 Å². The molecule has 2 heterocycles. The van der Waals surface area contributed by atoms with Crippen molar-refractivity contribution in [3.8, 4) is 0 Å². The van der Waals surface area contributed by atoms with Gasteiger partial charge < -0.3 is 0 Å². The predicted molar refractivity (Wildman–Crippen MR) is 86.1 cm³/mol. The van der Waals surface area contributed by atoms with Crippen molar-refractivity contribution in [3.05, 3.63) is 47.7 Å². The molecule has 2 radical (unpaired) electrons. The van der Waals surface area contributed by atoms with Gasteiger partial charge in [0.2, 0.25) is 0 Å². The first-order valence-electron chi connectivity index (χ1n) is 7.25. The molecule has 5 heteroatoms. The van der Waals surface area contributed by atoms with Crippen LogP contribution in [0.15, 0.2) is 36.5 Å². The monoisotopic (exact) mass is 342 g/mol.